The monoisotopic (exact) mass is 419 g/mol. The number of nitrogens with zero attached hydrogens (tertiary/aromatic N) is 9. The lowest BCUT2D eigenvalue weighted by Crippen LogP contribution is -2.39. The van der Waals surface area contributed by atoms with E-state index in [1.165, 1.54) is 6.33 Å². The zero-order valence-corrected chi connectivity index (χ0v) is 18.1. The molecule has 1 aliphatic rings. The van der Waals surface area contributed by atoms with Gasteiger partial charge in [-0.2, -0.15) is 19.7 Å². The molecule has 10 heteroatoms. The second kappa shape index (κ2) is 7.29. The highest BCUT2D eigenvalue weighted by molar-refractivity contribution is 5.54. The Morgan fingerprint density at radius 2 is 1.81 bits per heavy atom. The molecule has 10 nitrogen and oxygen atoms in total. The second-order valence-corrected chi connectivity index (χ2v) is 8.15. The van der Waals surface area contributed by atoms with Crippen LogP contribution in [0.3, 0.4) is 0 Å². The standard InChI is InChI=1S/C21H25N9O/c1-13-11-14(2)28(25-13)18-5-6-19(31)29(26-18)17-7-9-27(10-8-17)20-15(3)16(4)24-21-22-12-23-30(20)21/h5-6,11-12,17H,7-10H2,1-4H3. The van der Waals surface area contributed by atoms with E-state index in [4.69, 9.17) is 0 Å². The zero-order chi connectivity index (χ0) is 21.7. The van der Waals surface area contributed by atoms with Crippen molar-refractivity contribution in [3.05, 3.63) is 57.5 Å². The zero-order valence-electron chi connectivity index (χ0n) is 18.1. The van der Waals surface area contributed by atoms with Crippen LogP contribution in [0.25, 0.3) is 11.6 Å². The summed E-state index contributed by atoms with van der Waals surface area (Å²) < 4.78 is 5.21. The van der Waals surface area contributed by atoms with Crippen LogP contribution in [0.5, 0.6) is 0 Å². The van der Waals surface area contributed by atoms with Crippen LogP contribution in [0.15, 0.2) is 29.3 Å². The molecular weight excluding hydrogens is 394 g/mol. The van der Waals surface area contributed by atoms with Crippen molar-refractivity contribution >= 4 is 11.6 Å². The summed E-state index contributed by atoms with van der Waals surface area (Å²) in [6.07, 6.45) is 3.15. The SMILES string of the molecule is Cc1cc(C)n(-c2ccc(=O)n(C3CCN(c4c(C)c(C)nc5ncnn45)CC3)n2)n1. The summed E-state index contributed by atoms with van der Waals surface area (Å²) in [5.74, 6) is 2.29. The summed E-state index contributed by atoms with van der Waals surface area (Å²) in [5.41, 5.74) is 3.88. The van der Waals surface area contributed by atoms with E-state index in [-0.39, 0.29) is 11.6 Å². The molecule has 4 aromatic rings. The van der Waals surface area contributed by atoms with Gasteiger partial charge in [-0.1, -0.05) is 0 Å². The van der Waals surface area contributed by atoms with Gasteiger partial charge in [0.1, 0.15) is 12.1 Å². The molecule has 1 aliphatic heterocycles. The smallest absolute Gasteiger partial charge is 0.267 e. The molecule has 31 heavy (non-hydrogen) atoms. The van der Waals surface area contributed by atoms with Crippen molar-refractivity contribution in [3.63, 3.8) is 0 Å². The quantitative estimate of drug-likeness (QED) is 0.500. The van der Waals surface area contributed by atoms with Crippen LogP contribution in [-0.2, 0) is 0 Å². The number of aryl methyl sites for hydroxylation is 3. The molecule has 0 radical (unpaired) electrons. The highest BCUT2D eigenvalue weighted by atomic mass is 16.1. The van der Waals surface area contributed by atoms with Gasteiger partial charge in [0, 0.05) is 36.1 Å². The summed E-state index contributed by atoms with van der Waals surface area (Å²) in [7, 11) is 0. The summed E-state index contributed by atoms with van der Waals surface area (Å²) in [4.78, 5) is 23.7. The van der Waals surface area contributed by atoms with Gasteiger partial charge < -0.3 is 4.90 Å². The molecule has 1 saturated heterocycles. The third kappa shape index (κ3) is 3.28. The van der Waals surface area contributed by atoms with Gasteiger partial charge in [0.25, 0.3) is 11.3 Å². The molecule has 0 N–H and O–H groups in total. The Hall–Kier alpha value is -3.56. The first-order chi connectivity index (χ1) is 14.9. The minimum atomic E-state index is -0.0849. The van der Waals surface area contributed by atoms with Crippen LogP contribution in [0.1, 0.15) is 41.5 Å². The number of fused-ring (bicyclic) bond motifs is 1. The number of rotatable bonds is 3. The van der Waals surface area contributed by atoms with Crippen molar-refractivity contribution in [2.45, 2.75) is 46.6 Å². The third-order valence-electron chi connectivity index (χ3n) is 6.02. The summed E-state index contributed by atoms with van der Waals surface area (Å²) in [5, 5.41) is 13.5. The lowest BCUT2D eigenvalue weighted by molar-refractivity contribution is 0.350. The van der Waals surface area contributed by atoms with Gasteiger partial charge in [0.2, 0.25) is 0 Å². The van der Waals surface area contributed by atoms with E-state index in [9.17, 15) is 4.79 Å². The minimum absolute atomic E-state index is 0.0372. The molecule has 0 aromatic carbocycles. The lowest BCUT2D eigenvalue weighted by Gasteiger charge is -2.34. The second-order valence-electron chi connectivity index (χ2n) is 8.15. The van der Waals surface area contributed by atoms with Crippen LogP contribution in [-0.4, -0.2) is 52.2 Å². The number of hydrogen-bond acceptors (Lipinski definition) is 7. The Morgan fingerprint density at radius 1 is 1.03 bits per heavy atom. The van der Waals surface area contributed by atoms with E-state index in [0.29, 0.717) is 11.6 Å². The summed E-state index contributed by atoms with van der Waals surface area (Å²) in [6, 6.07) is 5.35. The molecule has 0 bridgehead atoms. The average Bonchev–Trinajstić information content (AvgIpc) is 3.35. The maximum absolute atomic E-state index is 12.6. The van der Waals surface area contributed by atoms with Crippen molar-refractivity contribution in [2.75, 3.05) is 18.0 Å². The van der Waals surface area contributed by atoms with E-state index in [1.54, 1.807) is 26.0 Å². The summed E-state index contributed by atoms with van der Waals surface area (Å²) >= 11 is 0. The van der Waals surface area contributed by atoms with Gasteiger partial charge >= 0.3 is 0 Å². The van der Waals surface area contributed by atoms with Gasteiger partial charge in [-0.05, 0) is 52.7 Å². The first-order valence-electron chi connectivity index (χ1n) is 10.5. The molecule has 0 saturated carbocycles. The fourth-order valence-corrected chi connectivity index (χ4v) is 4.36. The van der Waals surface area contributed by atoms with Crippen LogP contribution < -0.4 is 10.5 Å². The Bertz CT molecular complexity index is 1320. The first kappa shape index (κ1) is 19.4. The lowest BCUT2D eigenvalue weighted by atomic mass is 10.0. The molecule has 5 heterocycles. The molecule has 4 aromatic heterocycles. The number of hydrogen-bond donors (Lipinski definition) is 0. The minimum Gasteiger partial charge on any atom is -0.356 e. The molecule has 5 rings (SSSR count). The largest absolute Gasteiger partial charge is 0.356 e. The third-order valence-corrected chi connectivity index (χ3v) is 6.02. The fraction of sp³-hybridized carbons (Fsp3) is 0.429. The van der Waals surface area contributed by atoms with E-state index in [2.05, 4.69) is 37.1 Å². The van der Waals surface area contributed by atoms with Gasteiger partial charge in [-0.25, -0.2) is 14.3 Å². The Balaban J connectivity index is 1.42. The first-order valence-corrected chi connectivity index (χ1v) is 10.5. The number of piperidine rings is 1. The van der Waals surface area contributed by atoms with Crippen molar-refractivity contribution in [3.8, 4) is 5.82 Å². The van der Waals surface area contributed by atoms with E-state index in [1.807, 2.05) is 26.8 Å². The van der Waals surface area contributed by atoms with Crippen molar-refractivity contribution in [1.29, 1.82) is 0 Å². The van der Waals surface area contributed by atoms with Gasteiger partial charge in [-0.15, -0.1) is 5.10 Å². The molecule has 160 valence electrons. The molecule has 0 spiro atoms. The predicted octanol–water partition coefficient (Wildman–Crippen LogP) is 1.94. The van der Waals surface area contributed by atoms with E-state index in [0.717, 1.165) is 54.4 Å². The highest BCUT2D eigenvalue weighted by Gasteiger charge is 2.26. The molecule has 0 unspecified atom stereocenters. The van der Waals surface area contributed by atoms with Crippen LogP contribution in [0.4, 0.5) is 5.82 Å². The molecule has 0 amide bonds. The Kier molecular flexibility index (Phi) is 4.57. The van der Waals surface area contributed by atoms with Crippen LogP contribution in [0, 0.1) is 27.7 Å². The summed E-state index contributed by atoms with van der Waals surface area (Å²) in [6.45, 7) is 9.58. The average molecular weight is 419 g/mol. The number of aromatic nitrogens is 8. The van der Waals surface area contributed by atoms with Crippen LogP contribution >= 0.6 is 0 Å². The number of anilines is 1. The van der Waals surface area contributed by atoms with Crippen molar-refractivity contribution in [2.24, 2.45) is 0 Å². The Labute approximate surface area is 179 Å². The molecule has 0 atom stereocenters. The Morgan fingerprint density at radius 3 is 2.52 bits per heavy atom. The molecule has 1 fully saturated rings. The van der Waals surface area contributed by atoms with Gasteiger partial charge in [-0.3, -0.25) is 4.79 Å². The van der Waals surface area contributed by atoms with Gasteiger partial charge in [0.05, 0.1) is 11.7 Å². The van der Waals surface area contributed by atoms with Gasteiger partial charge in [0.15, 0.2) is 5.82 Å². The fourth-order valence-electron chi connectivity index (χ4n) is 4.36. The van der Waals surface area contributed by atoms with Crippen LogP contribution in [0.2, 0.25) is 0 Å². The normalized spacial score (nSPS) is 15.2. The molecular formula is C21H25N9O. The van der Waals surface area contributed by atoms with Crippen molar-refractivity contribution in [1.82, 2.24) is 39.1 Å². The highest BCUT2D eigenvalue weighted by Crippen LogP contribution is 2.28. The van der Waals surface area contributed by atoms with Crippen molar-refractivity contribution < 1.29 is 0 Å². The maximum Gasteiger partial charge on any atom is 0.267 e. The predicted molar refractivity (Wildman–Crippen MR) is 116 cm³/mol. The van der Waals surface area contributed by atoms with E-state index < -0.39 is 0 Å². The topological polar surface area (TPSA) is 99.0 Å². The van der Waals surface area contributed by atoms with E-state index >= 15 is 0 Å². The maximum atomic E-state index is 12.6. The molecule has 0 aliphatic carbocycles.